The van der Waals surface area contributed by atoms with Gasteiger partial charge in [0.15, 0.2) is 5.82 Å². The largest absolute Gasteiger partial charge is 0.349 e. The van der Waals surface area contributed by atoms with E-state index in [-0.39, 0.29) is 5.91 Å². The number of aromatic amines is 1. The van der Waals surface area contributed by atoms with E-state index >= 15 is 0 Å². The van der Waals surface area contributed by atoms with Crippen LogP contribution in [0.25, 0.3) is 11.4 Å². The van der Waals surface area contributed by atoms with E-state index in [0.717, 1.165) is 23.0 Å². The second kappa shape index (κ2) is 7.90. The van der Waals surface area contributed by atoms with Gasteiger partial charge in [-0.2, -0.15) is 5.10 Å². The number of hydrogen-bond acceptors (Lipinski definition) is 4. The lowest BCUT2D eigenvalue weighted by atomic mass is 10.2. The molecule has 0 bridgehead atoms. The summed E-state index contributed by atoms with van der Waals surface area (Å²) in [6, 6.07) is 7.75. The van der Waals surface area contributed by atoms with Gasteiger partial charge in [0.05, 0.1) is 6.54 Å². The fraction of sp³-hybridized carbons (Fsp3) is 0.357. The lowest BCUT2D eigenvalue weighted by Gasteiger charge is -2.02. The number of nitrogens with zero attached hydrogens (tertiary/aromatic N) is 2. The number of rotatable bonds is 7. The molecule has 1 amide bonds. The number of hydrogen-bond donors (Lipinski definition) is 3. The highest BCUT2D eigenvalue weighted by atomic mass is 79.9. The Balaban J connectivity index is 1.86. The summed E-state index contributed by atoms with van der Waals surface area (Å²) in [7, 11) is 1.87. The molecule has 0 aliphatic carbocycles. The molecule has 0 saturated heterocycles. The molecule has 6 nitrogen and oxygen atoms in total. The normalized spacial score (nSPS) is 10.6. The molecule has 0 aliphatic heterocycles. The van der Waals surface area contributed by atoms with Crippen LogP contribution in [0.3, 0.4) is 0 Å². The van der Waals surface area contributed by atoms with Crippen molar-refractivity contribution in [2.75, 3.05) is 13.6 Å². The standard InChI is InChI=1S/C14H18BrN5O/c1-16-8-2-3-13(21)17-9-12-18-14(20-19-12)10-4-6-11(15)7-5-10/h4-7,16H,2-3,8-9H2,1H3,(H,17,21)(H,18,19,20). The molecule has 0 radical (unpaired) electrons. The first-order valence-corrected chi connectivity index (χ1v) is 7.57. The van der Waals surface area contributed by atoms with Gasteiger partial charge in [0.1, 0.15) is 5.82 Å². The van der Waals surface area contributed by atoms with Crippen molar-refractivity contribution in [3.05, 3.63) is 34.6 Å². The molecule has 2 aromatic rings. The van der Waals surface area contributed by atoms with E-state index in [1.165, 1.54) is 0 Å². The lowest BCUT2D eigenvalue weighted by Crippen LogP contribution is -2.24. The van der Waals surface area contributed by atoms with Gasteiger partial charge in [-0.05, 0) is 32.1 Å². The van der Waals surface area contributed by atoms with Crippen molar-refractivity contribution in [1.82, 2.24) is 25.8 Å². The Morgan fingerprint density at radius 1 is 1.33 bits per heavy atom. The molecule has 21 heavy (non-hydrogen) atoms. The fourth-order valence-electron chi connectivity index (χ4n) is 1.80. The van der Waals surface area contributed by atoms with Crippen LogP contribution in [-0.4, -0.2) is 34.7 Å². The summed E-state index contributed by atoms with van der Waals surface area (Å²) in [4.78, 5) is 16.0. The Morgan fingerprint density at radius 3 is 2.81 bits per heavy atom. The minimum Gasteiger partial charge on any atom is -0.349 e. The first-order valence-electron chi connectivity index (χ1n) is 6.77. The third-order valence-corrected chi connectivity index (χ3v) is 3.45. The van der Waals surface area contributed by atoms with E-state index in [2.05, 4.69) is 41.7 Å². The molecule has 3 N–H and O–H groups in total. The number of halogens is 1. The maximum absolute atomic E-state index is 11.6. The van der Waals surface area contributed by atoms with Crippen molar-refractivity contribution in [3.63, 3.8) is 0 Å². The molecule has 1 aromatic carbocycles. The number of carbonyl (C=O) groups is 1. The Morgan fingerprint density at radius 2 is 2.10 bits per heavy atom. The van der Waals surface area contributed by atoms with E-state index < -0.39 is 0 Å². The highest BCUT2D eigenvalue weighted by molar-refractivity contribution is 9.10. The number of amides is 1. The number of H-pyrrole nitrogens is 1. The summed E-state index contributed by atoms with van der Waals surface area (Å²) in [5, 5.41) is 12.8. The third-order valence-electron chi connectivity index (χ3n) is 2.92. The van der Waals surface area contributed by atoms with Crippen LogP contribution in [0.2, 0.25) is 0 Å². The first kappa shape index (κ1) is 15.7. The minimum atomic E-state index is 0.0202. The average Bonchev–Trinajstić information content (AvgIpc) is 2.95. The molecule has 0 aliphatic rings. The fourth-order valence-corrected chi connectivity index (χ4v) is 2.06. The Hall–Kier alpha value is -1.73. The van der Waals surface area contributed by atoms with Crippen molar-refractivity contribution in [2.24, 2.45) is 0 Å². The Bertz CT molecular complexity index is 581. The van der Waals surface area contributed by atoms with E-state index in [1.807, 2.05) is 31.3 Å². The SMILES string of the molecule is CNCCCC(=O)NCc1nc(-c2ccc(Br)cc2)n[nH]1. The predicted molar refractivity (Wildman–Crippen MR) is 84.5 cm³/mol. The second-order valence-corrected chi connectivity index (χ2v) is 5.51. The first-order chi connectivity index (χ1) is 10.2. The highest BCUT2D eigenvalue weighted by Gasteiger charge is 2.07. The van der Waals surface area contributed by atoms with Gasteiger partial charge >= 0.3 is 0 Å². The van der Waals surface area contributed by atoms with E-state index in [0.29, 0.717) is 24.6 Å². The van der Waals surface area contributed by atoms with Crippen LogP contribution in [0.1, 0.15) is 18.7 Å². The van der Waals surface area contributed by atoms with Crippen LogP contribution >= 0.6 is 15.9 Å². The summed E-state index contributed by atoms with van der Waals surface area (Å²) < 4.78 is 1.01. The smallest absolute Gasteiger partial charge is 0.220 e. The monoisotopic (exact) mass is 351 g/mol. The highest BCUT2D eigenvalue weighted by Crippen LogP contribution is 2.18. The molecule has 2 rings (SSSR count). The van der Waals surface area contributed by atoms with Crippen molar-refractivity contribution in [3.8, 4) is 11.4 Å². The van der Waals surface area contributed by atoms with E-state index in [1.54, 1.807) is 0 Å². The van der Waals surface area contributed by atoms with Crippen LogP contribution in [-0.2, 0) is 11.3 Å². The van der Waals surface area contributed by atoms with Crippen LogP contribution in [0, 0.1) is 0 Å². The molecule has 1 aromatic heterocycles. The van der Waals surface area contributed by atoms with Gasteiger partial charge in [0.25, 0.3) is 0 Å². The lowest BCUT2D eigenvalue weighted by molar-refractivity contribution is -0.121. The van der Waals surface area contributed by atoms with Crippen molar-refractivity contribution in [1.29, 1.82) is 0 Å². The maximum atomic E-state index is 11.6. The zero-order valence-corrected chi connectivity index (χ0v) is 13.4. The van der Waals surface area contributed by atoms with Crippen LogP contribution in [0.5, 0.6) is 0 Å². The Labute approximate surface area is 131 Å². The molecule has 0 fully saturated rings. The zero-order valence-electron chi connectivity index (χ0n) is 11.8. The summed E-state index contributed by atoms with van der Waals surface area (Å²) in [6.45, 7) is 1.20. The molecule has 0 saturated carbocycles. The van der Waals surface area contributed by atoms with Crippen LogP contribution < -0.4 is 10.6 Å². The van der Waals surface area contributed by atoms with Gasteiger partial charge in [-0.25, -0.2) is 4.98 Å². The van der Waals surface area contributed by atoms with Gasteiger partial charge in [0.2, 0.25) is 5.91 Å². The summed E-state index contributed by atoms with van der Waals surface area (Å²) in [6.07, 6.45) is 1.33. The third kappa shape index (κ3) is 4.95. The summed E-state index contributed by atoms with van der Waals surface area (Å²) in [5.74, 6) is 1.30. The van der Waals surface area contributed by atoms with E-state index in [4.69, 9.17) is 0 Å². The maximum Gasteiger partial charge on any atom is 0.220 e. The van der Waals surface area contributed by atoms with Crippen LogP contribution in [0.15, 0.2) is 28.7 Å². The molecule has 112 valence electrons. The molecular weight excluding hydrogens is 334 g/mol. The molecule has 1 heterocycles. The van der Waals surface area contributed by atoms with Crippen LogP contribution in [0.4, 0.5) is 0 Å². The zero-order chi connectivity index (χ0) is 15.1. The molecule has 0 spiro atoms. The Kier molecular flexibility index (Phi) is 5.89. The topological polar surface area (TPSA) is 82.7 Å². The summed E-state index contributed by atoms with van der Waals surface area (Å²) in [5.41, 5.74) is 0.932. The van der Waals surface area contributed by atoms with Crippen molar-refractivity contribution in [2.45, 2.75) is 19.4 Å². The predicted octanol–water partition coefficient (Wildman–Crippen LogP) is 1.85. The second-order valence-electron chi connectivity index (χ2n) is 4.60. The van der Waals surface area contributed by atoms with Crippen molar-refractivity contribution < 1.29 is 4.79 Å². The molecule has 0 atom stereocenters. The van der Waals surface area contributed by atoms with Crippen molar-refractivity contribution >= 4 is 21.8 Å². The number of aromatic nitrogens is 3. The van der Waals surface area contributed by atoms with Gasteiger partial charge in [-0.3, -0.25) is 9.89 Å². The van der Waals surface area contributed by atoms with Gasteiger partial charge in [-0.15, -0.1) is 0 Å². The average molecular weight is 352 g/mol. The number of benzene rings is 1. The molecular formula is C14H18BrN5O. The summed E-state index contributed by atoms with van der Waals surface area (Å²) >= 11 is 3.39. The van der Waals surface area contributed by atoms with E-state index in [9.17, 15) is 4.79 Å². The number of carbonyl (C=O) groups excluding carboxylic acids is 1. The minimum absolute atomic E-state index is 0.0202. The molecule has 0 unspecified atom stereocenters. The number of nitrogens with one attached hydrogen (secondary N) is 3. The quantitative estimate of drug-likeness (QED) is 0.664. The van der Waals surface area contributed by atoms with Gasteiger partial charge in [-0.1, -0.05) is 28.1 Å². The van der Waals surface area contributed by atoms with Gasteiger partial charge < -0.3 is 10.6 Å². The van der Waals surface area contributed by atoms with Gasteiger partial charge in [0, 0.05) is 16.5 Å². The molecule has 7 heteroatoms.